The maximum Gasteiger partial charge on any atom is 0.0738 e. The van der Waals surface area contributed by atoms with Crippen LogP contribution in [0.25, 0.3) is 0 Å². The maximum absolute atomic E-state index is 9.12. The number of aryl methyl sites for hydroxylation is 2. The summed E-state index contributed by atoms with van der Waals surface area (Å²) in [6, 6.07) is 8.70. The van der Waals surface area contributed by atoms with E-state index in [1.807, 2.05) is 0 Å². The molecule has 0 aromatic heterocycles. The van der Waals surface area contributed by atoms with E-state index in [0.717, 1.165) is 0 Å². The molecule has 0 amide bonds. The first-order valence-corrected chi connectivity index (χ1v) is 5.03. The predicted molar refractivity (Wildman–Crippen MR) is 59.1 cm³/mol. The molecule has 1 nitrogen and oxygen atoms in total. The molecule has 0 bridgehead atoms. The summed E-state index contributed by atoms with van der Waals surface area (Å²) in [5.41, 5.74) is 3.63. The van der Waals surface area contributed by atoms with Crippen molar-refractivity contribution in [2.45, 2.75) is 33.6 Å². The largest absolute Gasteiger partial charge is 0.198 e. The molecule has 0 heterocycles. The fourth-order valence-electron chi connectivity index (χ4n) is 1.67. The summed E-state index contributed by atoms with van der Waals surface area (Å²) >= 11 is 0. The van der Waals surface area contributed by atoms with Gasteiger partial charge in [0.2, 0.25) is 0 Å². The highest BCUT2D eigenvalue weighted by molar-refractivity contribution is 5.36. The van der Waals surface area contributed by atoms with Gasteiger partial charge in [-0.1, -0.05) is 37.6 Å². The fourth-order valence-corrected chi connectivity index (χ4v) is 1.67. The van der Waals surface area contributed by atoms with Crippen LogP contribution in [0.2, 0.25) is 0 Å². The Kier molecular flexibility index (Phi) is 3.30. The quantitative estimate of drug-likeness (QED) is 0.694. The zero-order valence-electron chi connectivity index (χ0n) is 9.33. The maximum atomic E-state index is 9.12. The van der Waals surface area contributed by atoms with Crippen LogP contribution in [0.5, 0.6) is 0 Å². The molecular weight excluding hydrogens is 170 g/mol. The van der Waals surface area contributed by atoms with E-state index in [2.05, 4.69) is 52.0 Å². The first-order valence-electron chi connectivity index (χ1n) is 5.03. The van der Waals surface area contributed by atoms with Crippen molar-refractivity contribution in [3.63, 3.8) is 0 Å². The Balaban J connectivity index is 3.17. The summed E-state index contributed by atoms with van der Waals surface area (Å²) in [5, 5.41) is 9.12. The topological polar surface area (TPSA) is 23.8 Å². The van der Waals surface area contributed by atoms with Gasteiger partial charge in [0.05, 0.1) is 12.0 Å². The van der Waals surface area contributed by atoms with E-state index in [4.69, 9.17) is 5.26 Å². The highest BCUT2D eigenvalue weighted by Gasteiger charge is 2.16. The summed E-state index contributed by atoms with van der Waals surface area (Å²) in [5.74, 6) is 0.399. The normalized spacial score (nSPS) is 12.6. The molecule has 0 saturated carbocycles. The molecule has 0 N–H and O–H groups in total. The lowest BCUT2D eigenvalue weighted by atomic mass is 9.86. The van der Waals surface area contributed by atoms with E-state index in [1.165, 1.54) is 16.7 Å². The SMILES string of the molecule is Cc1ccc(C)c(C(C#N)C(C)C)c1. The third-order valence-electron chi connectivity index (χ3n) is 2.58. The van der Waals surface area contributed by atoms with Crippen molar-refractivity contribution in [3.8, 4) is 6.07 Å². The first kappa shape index (κ1) is 10.8. The Hall–Kier alpha value is -1.29. The van der Waals surface area contributed by atoms with Gasteiger partial charge in [-0.3, -0.25) is 0 Å². The third-order valence-corrected chi connectivity index (χ3v) is 2.58. The summed E-state index contributed by atoms with van der Waals surface area (Å²) in [6.07, 6.45) is 0. The van der Waals surface area contributed by atoms with Gasteiger partial charge in [0, 0.05) is 0 Å². The average Bonchev–Trinajstić information content (AvgIpc) is 2.11. The number of hydrogen-bond acceptors (Lipinski definition) is 1. The molecule has 0 spiro atoms. The van der Waals surface area contributed by atoms with Crippen LogP contribution in [0.15, 0.2) is 18.2 Å². The van der Waals surface area contributed by atoms with E-state index in [9.17, 15) is 0 Å². The van der Waals surface area contributed by atoms with Crippen LogP contribution in [-0.2, 0) is 0 Å². The standard InChI is InChI=1S/C13H17N/c1-9(2)13(8-14)12-7-10(3)5-6-11(12)4/h5-7,9,13H,1-4H3. The Morgan fingerprint density at radius 1 is 1.21 bits per heavy atom. The lowest BCUT2D eigenvalue weighted by Crippen LogP contribution is -2.06. The van der Waals surface area contributed by atoms with Crippen LogP contribution in [0.3, 0.4) is 0 Å². The second-order valence-electron chi connectivity index (χ2n) is 4.21. The third kappa shape index (κ3) is 2.14. The van der Waals surface area contributed by atoms with Gasteiger partial charge in [-0.05, 0) is 30.9 Å². The highest BCUT2D eigenvalue weighted by Crippen LogP contribution is 2.27. The van der Waals surface area contributed by atoms with Gasteiger partial charge in [0.1, 0.15) is 0 Å². The number of benzene rings is 1. The van der Waals surface area contributed by atoms with Crippen molar-refractivity contribution < 1.29 is 0 Å². The Morgan fingerprint density at radius 3 is 2.36 bits per heavy atom. The van der Waals surface area contributed by atoms with Crippen LogP contribution < -0.4 is 0 Å². The second kappa shape index (κ2) is 4.28. The molecule has 0 fully saturated rings. The minimum absolute atomic E-state index is 0.0231. The number of hydrogen-bond donors (Lipinski definition) is 0. The molecule has 1 atom stereocenters. The molecule has 0 saturated heterocycles. The number of nitriles is 1. The molecule has 0 aliphatic heterocycles. The van der Waals surface area contributed by atoms with Crippen molar-refractivity contribution in [1.29, 1.82) is 5.26 Å². The Bertz CT molecular complexity index is 358. The molecule has 74 valence electrons. The van der Waals surface area contributed by atoms with Crippen molar-refractivity contribution in [1.82, 2.24) is 0 Å². The summed E-state index contributed by atoms with van der Waals surface area (Å²) in [7, 11) is 0. The van der Waals surface area contributed by atoms with Crippen molar-refractivity contribution >= 4 is 0 Å². The zero-order chi connectivity index (χ0) is 10.7. The van der Waals surface area contributed by atoms with Gasteiger partial charge in [-0.15, -0.1) is 0 Å². The van der Waals surface area contributed by atoms with E-state index >= 15 is 0 Å². The van der Waals surface area contributed by atoms with E-state index in [-0.39, 0.29) is 5.92 Å². The zero-order valence-corrected chi connectivity index (χ0v) is 9.33. The smallest absolute Gasteiger partial charge is 0.0738 e. The molecule has 0 aliphatic carbocycles. The molecule has 0 radical (unpaired) electrons. The molecule has 1 unspecified atom stereocenters. The van der Waals surface area contributed by atoms with Crippen LogP contribution in [0.1, 0.15) is 36.5 Å². The van der Waals surface area contributed by atoms with Crippen LogP contribution in [-0.4, -0.2) is 0 Å². The molecule has 1 heteroatoms. The predicted octanol–water partition coefficient (Wildman–Crippen LogP) is 3.57. The molecule has 1 aromatic carbocycles. The molecule has 1 aromatic rings. The lowest BCUT2D eigenvalue weighted by molar-refractivity contribution is 0.585. The van der Waals surface area contributed by atoms with E-state index < -0.39 is 0 Å². The fraction of sp³-hybridized carbons (Fsp3) is 0.462. The van der Waals surface area contributed by atoms with Crippen molar-refractivity contribution in [2.75, 3.05) is 0 Å². The molecule has 0 aliphatic rings. The second-order valence-corrected chi connectivity index (χ2v) is 4.21. The number of rotatable bonds is 2. The van der Waals surface area contributed by atoms with Gasteiger partial charge in [0.15, 0.2) is 0 Å². The van der Waals surface area contributed by atoms with Crippen molar-refractivity contribution in [2.24, 2.45) is 5.92 Å². The Labute approximate surface area is 86.4 Å². The summed E-state index contributed by atoms with van der Waals surface area (Å²) < 4.78 is 0. The molecular formula is C13H17N. The first-order chi connectivity index (χ1) is 6.56. The monoisotopic (exact) mass is 187 g/mol. The number of nitrogens with zero attached hydrogens (tertiary/aromatic N) is 1. The van der Waals surface area contributed by atoms with Crippen LogP contribution >= 0.6 is 0 Å². The van der Waals surface area contributed by atoms with Crippen LogP contribution in [0, 0.1) is 31.1 Å². The van der Waals surface area contributed by atoms with Gasteiger partial charge in [-0.2, -0.15) is 5.26 Å². The minimum Gasteiger partial charge on any atom is -0.198 e. The van der Waals surface area contributed by atoms with Crippen molar-refractivity contribution in [3.05, 3.63) is 34.9 Å². The lowest BCUT2D eigenvalue weighted by Gasteiger charge is -2.16. The highest BCUT2D eigenvalue weighted by atomic mass is 14.3. The van der Waals surface area contributed by atoms with Gasteiger partial charge < -0.3 is 0 Å². The summed E-state index contributed by atoms with van der Waals surface area (Å²) in [4.78, 5) is 0. The van der Waals surface area contributed by atoms with Gasteiger partial charge in [-0.25, -0.2) is 0 Å². The molecule has 14 heavy (non-hydrogen) atoms. The Morgan fingerprint density at radius 2 is 1.86 bits per heavy atom. The molecule has 1 rings (SSSR count). The van der Waals surface area contributed by atoms with Gasteiger partial charge in [0.25, 0.3) is 0 Å². The average molecular weight is 187 g/mol. The summed E-state index contributed by atoms with van der Waals surface area (Å²) in [6.45, 7) is 8.32. The van der Waals surface area contributed by atoms with Crippen LogP contribution in [0.4, 0.5) is 0 Å². The van der Waals surface area contributed by atoms with E-state index in [0.29, 0.717) is 5.92 Å². The van der Waals surface area contributed by atoms with Gasteiger partial charge >= 0.3 is 0 Å². The van der Waals surface area contributed by atoms with E-state index in [1.54, 1.807) is 0 Å². The minimum atomic E-state index is 0.0231.